The van der Waals surface area contributed by atoms with Crippen LogP contribution in [0, 0.1) is 0 Å². The van der Waals surface area contributed by atoms with Gasteiger partial charge in [-0.05, 0) is 24.1 Å². The van der Waals surface area contributed by atoms with E-state index in [1.807, 2.05) is 0 Å². The molecule has 0 aromatic carbocycles. The van der Waals surface area contributed by atoms with Crippen LogP contribution in [0.25, 0.3) is 0 Å². The summed E-state index contributed by atoms with van der Waals surface area (Å²) in [5, 5.41) is 6.43. The predicted molar refractivity (Wildman–Crippen MR) is 95.6 cm³/mol. The number of rotatable bonds is 12. The predicted octanol–water partition coefficient (Wildman–Crippen LogP) is 2.79. The highest BCUT2D eigenvalue weighted by Gasteiger charge is 2.04. The van der Waals surface area contributed by atoms with Crippen LogP contribution in [0.5, 0.6) is 0 Å². The molecule has 1 heterocycles. The van der Waals surface area contributed by atoms with Gasteiger partial charge in [0.25, 0.3) is 5.91 Å². The Kier molecular flexibility index (Phi) is 10.9. The number of aromatic nitrogens is 1. The van der Waals surface area contributed by atoms with E-state index < -0.39 is 0 Å². The summed E-state index contributed by atoms with van der Waals surface area (Å²) in [6, 6.07) is 3.55. The molecule has 132 valence electrons. The summed E-state index contributed by atoms with van der Waals surface area (Å²) < 4.78 is 0. The molecule has 0 fully saturated rings. The zero-order valence-electron chi connectivity index (χ0n) is 14.5. The fourth-order valence-electron chi connectivity index (χ4n) is 2.18. The molecule has 2 N–H and O–H groups in total. The van der Waals surface area contributed by atoms with E-state index in [1.54, 1.807) is 24.5 Å². The van der Waals surface area contributed by atoms with Crippen LogP contribution in [0.4, 0.5) is 0 Å². The molecule has 2 amide bonds. The van der Waals surface area contributed by atoms with Crippen molar-refractivity contribution >= 4 is 18.0 Å². The second kappa shape index (κ2) is 13.2. The minimum absolute atomic E-state index is 0.0526. The quantitative estimate of drug-likeness (QED) is 0.351. The van der Waals surface area contributed by atoms with E-state index in [0.717, 1.165) is 18.4 Å². The van der Waals surface area contributed by atoms with E-state index in [4.69, 9.17) is 0 Å². The molecule has 24 heavy (non-hydrogen) atoms. The highest BCUT2D eigenvalue weighted by Crippen LogP contribution is 2.08. The second-order valence-corrected chi connectivity index (χ2v) is 5.72. The van der Waals surface area contributed by atoms with Crippen LogP contribution in [0.3, 0.4) is 0 Å². The van der Waals surface area contributed by atoms with Crippen LogP contribution >= 0.6 is 0 Å². The van der Waals surface area contributed by atoms with Gasteiger partial charge in [-0.2, -0.15) is 5.10 Å². The molecule has 0 saturated heterocycles. The minimum Gasteiger partial charge on any atom is -0.347 e. The molecule has 0 bridgehead atoms. The van der Waals surface area contributed by atoms with Crippen molar-refractivity contribution in [3.05, 3.63) is 30.1 Å². The lowest BCUT2D eigenvalue weighted by Crippen LogP contribution is -2.34. The van der Waals surface area contributed by atoms with Crippen molar-refractivity contribution in [3.63, 3.8) is 0 Å². The maximum Gasteiger partial charge on any atom is 0.259 e. The van der Waals surface area contributed by atoms with Gasteiger partial charge < -0.3 is 5.32 Å². The van der Waals surface area contributed by atoms with E-state index >= 15 is 0 Å². The number of nitrogens with one attached hydrogen (secondary N) is 2. The number of hydrogen-bond donors (Lipinski definition) is 2. The average Bonchev–Trinajstić information content (AvgIpc) is 2.60. The third-order valence-corrected chi connectivity index (χ3v) is 3.56. The summed E-state index contributed by atoms with van der Waals surface area (Å²) in [5.74, 6) is -0.426. The molecule has 0 atom stereocenters. The lowest BCUT2D eigenvalue weighted by Gasteiger charge is -2.04. The van der Waals surface area contributed by atoms with Crippen molar-refractivity contribution < 1.29 is 9.59 Å². The lowest BCUT2D eigenvalue weighted by atomic mass is 10.1. The van der Waals surface area contributed by atoms with Gasteiger partial charge in [0.15, 0.2) is 0 Å². The smallest absolute Gasteiger partial charge is 0.259 e. The summed E-state index contributed by atoms with van der Waals surface area (Å²) in [6.45, 7) is 2.15. The molecule has 0 saturated carbocycles. The molecule has 6 nitrogen and oxygen atoms in total. The topological polar surface area (TPSA) is 83.5 Å². The van der Waals surface area contributed by atoms with Crippen LogP contribution in [0.2, 0.25) is 0 Å². The van der Waals surface area contributed by atoms with Gasteiger partial charge in [-0.1, -0.05) is 45.4 Å². The van der Waals surface area contributed by atoms with E-state index in [-0.39, 0.29) is 18.4 Å². The molecule has 1 rings (SSSR count). The van der Waals surface area contributed by atoms with Crippen LogP contribution in [-0.2, 0) is 9.59 Å². The Hall–Kier alpha value is -2.24. The number of amides is 2. The van der Waals surface area contributed by atoms with Crippen molar-refractivity contribution in [2.75, 3.05) is 6.54 Å². The Bertz CT molecular complexity index is 503. The van der Waals surface area contributed by atoms with Gasteiger partial charge in [0.05, 0.1) is 12.8 Å². The first-order chi connectivity index (χ1) is 11.7. The first-order valence-corrected chi connectivity index (χ1v) is 8.71. The van der Waals surface area contributed by atoms with Crippen LogP contribution in [0.15, 0.2) is 29.6 Å². The molecule has 0 spiro atoms. The maximum absolute atomic E-state index is 11.6. The first kappa shape index (κ1) is 19.8. The summed E-state index contributed by atoms with van der Waals surface area (Å²) in [5.41, 5.74) is 3.22. The lowest BCUT2D eigenvalue weighted by molar-refractivity contribution is -0.126. The van der Waals surface area contributed by atoms with Gasteiger partial charge >= 0.3 is 0 Å². The SMILES string of the molecule is CCCCCCCCCC(=O)NCC(=O)N/N=C/c1ccncc1. The van der Waals surface area contributed by atoms with E-state index in [9.17, 15) is 9.59 Å². The molecule has 0 radical (unpaired) electrons. The fraction of sp³-hybridized carbons (Fsp3) is 0.556. The fourth-order valence-corrected chi connectivity index (χ4v) is 2.18. The standard InChI is InChI=1S/C18H28N4O2/c1-2-3-4-5-6-7-8-9-17(23)20-15-18(24)22-21-14-16-10-12-19-13-11-16/h10-14H,2-9,15H2,1H3,(H,20,23)(H,22,24)/b21-14+. The summed E-state index contributed by atoms with van der Waals surface area (Å²) >= 11 is 0. The Labute approximate surface area is 144 Å². The molecular formula is C18H28N4O2. The van der Waals surface area contributed by atoms with Crippen molar-refractivity contribution in [3.8, 4) is 0 Å². The Balaban J connectivity index is 2.03. The normalized spacial score (nSPS) is 10.7. The van der Waals surface area contributed by atoms with Crippen molar-refractivity contribution in [2.45, 2.75) is 58.3 Å². The zero-order chi connectivity index (χ0) is 17.5. The van der Waals surface area contributed by atoms with E-state index in [2.05, 4.69) is 27.8 Å². The number of carbonyl (C=O) groups is 2. The van der Waals surface area contributed by atoms with Gasteiger partial charge in [0.2, 0.25) is 5.91 Å². The summed E-state index contributed by atoms with van der Waals surface area (Å²) in [7, 11) is 0. The summed E-state index contributed by atoms with van der Waals surface area (Å²) in [4.78, 5) is 27.1. The molecule has 6 heteroatoms. The van der Waals surface area contributed by atoms with Crippen molar-refractivity contribution in [1.29, 1.82) is 0 Å². The molecule has 0 aliphatic heterocycles. The maximum atomic E-state index is 11.6. The second-order valence-electron chi connectivity index (χ2n) is 5.72. The summed E-state index contributed by atoms with van der Waals surface area (Å²) in [6.07, 6.45) is 13.5. The van der Waals surface area contributed by atoms with Crippen LogP contribution in [0.1, 0.15) is 63.9 Å². The highest BCUT2D eigenvalue weighted by molar-refractivity contribution is 5.86. The number of pyridine rings is 1. The first-order valence-electron chi connectivity index (χ1n) is 8.71. The van der Waals surface area contributed by atoms with Crippen LogP contribution < -0.4 is 10.7 Å². The van der Waals surface area contributed by atoms with E-state index in [0.29, 0.717) is 6.42 Å². The van der Waals surface area contributed by atoms with Crippen molar-refractivity contribution in [1.82, 2.24) is 15.7 Å². The third-order valence-electron chi connectivity index (χ3n) is 3.56. The van der Waals surface area contributed by atoms with Crippen LogP contribution in [-0.4, -0.2) is 29.6 Å². The number of hydrazone groups is 1. The molecule has 1 aromatic heterocycles. The highest BCUT2D eigenvalue weighted by atomic mass is 16.2. The Morgan fingerprint density at radius 2 is 1.71 bits per heavy atom. The van der Waals surface area contributed by atoms with Gasteiger partial charge in [-0.25, -0.2) is 5.43 Å². The van der Waals surface area contributed by atoms with Gasteiger partial charge in [0, 0.05) is 18.8 Å². The Morgan fingerprint density at radius 1 is 1.04 bits per heavy atom. The minimum atomic E-state index is -0.340. The largest absolute Gasteiger partial charge is 0.347 e. The van der Waals surface area contributed by atoms with Gasteiger partial charge in [-0.3, -0.25) is 14.6 Å². The number of carbonyl (C=O) groups excluding carboxylic acids is 2. The van der Waals surface area contributed by atoms with Crippen molar-refractivity contribution in [2.24, 2.45) is 5.10 Å². The average molecular weight is 332 g/mol. The molecule has 1 aromatic rings. The number of unbranched alkanes of at least 4 members (excludes halogenated alkanes) is 6. The monoisotopic (exact) mass is 332 g/mol. The van der Waals surface area contributed by atoms with E-state index in [1.165, 1.54) is 38.3 Å². The number of nitrogens with zero attached hydrogens (tertiary/aromatic N) is 2. The molecular weight excluding hydrogens is 304 g/mol. The third kappa shape index (κ3) is 10.5. The number of hydrogen-bond acceptors (Lipinski definition) is 4. The molecule has 0 aliphatic rings. The zero-order valence-corrected chi connectivity index (χ0v) is 14.5. The molecule has 0 aliphatic carbocycles. The van der Waals surface area contributed by atoms with Gasteiger partial charge in [0.1, 0.15) is 0 Å². The Morgan fingerprint density at radius 3 is 2.42 bits per heavy atom. The van der Waals surface area contributed by atoms with Gasteiger partial charge in [-0.15, -0.1) is 0 Å². The molecule has 0 unspecified atom stereocenters.